The van der Waals surface area contributed by atoms with Gasteiger partial charge in [0.25, 0.3) is 5.56 Å². The summed E-state index contributed by atoms with van der Waals surface area (Å²) in [4.78, 5) is 30.9. The fourth-order valence-electron chi connectivity index (χ4n) is 1.61. The summed E-state index contributed by atoms with van der Waals surface area (Å²) < 4.78 is 0. The van der Waals surface area contributed by atoms with Gasteiger partial charge < -0.3 is 15.0 Å². The maximum Gasteiger partial charge on any atom is 0.323 e. The molecule has 0 aliphatic carbocycles. The maximum absolute atomic E-state index is 11.5. The van der Waals surface area contributed by atoms with Gasteiger partial charge in [0.1, 0.15) is 18.2 Å². The first-order valence-corrected chi connectivity index (χ1v) is 6.02. The van der Waals surface area contributed by atoms with Crippen LogP contribution in [0.25, 0.3) is 0 Å². The lowest BCUT2D eigenvalue weighted by atomic mass is 10.2. The van der Waals surface area contributed by atoms with Crippen LogP contribution in [0, 0.1) is 0 Å². The highest BCUT2D eigenvalue weighted by atomic mass is 16.4. The highest BCUT2D eigenvalue weighted by molar-refractivity contribution is 5.73. The summed E-state index contributed by atoms with van der Waals surface area (Å²) in [5, 5.41) is 8.86. The quantitative estimate of drug-likeness (QED) is 0.795. The molecule has 0 saturated carbocycles. The van der Waals surface area contributed by atoms with Crippen molar-refractivity contribution in [2.24, 2.45) is 0 Å². The van der Waals surface area contributed by atoms with E-state index >= 15 is 0 Å². The van der Waals surface area contributed by atoms with Gasteiger partial charge in [-0.3, -0.25) is 9.59 Å². The highest BCUT2D eigenvalue weighted by Crippen LogP contribution is 2.13. The average Bonchev–Trinajstić information content (AvgIpc) is 2.27. The second-order valence-electron chi connectivity index (χ2n) is 4.46. The number of hydrogen-bond donors (Lipinski definition) is 2. The Hall–Kier alpha value is -1.85. The van der Waals surface area contributed by atoms with E-state index in [-0.39, 0.29) is 18.0 Å². The molecule has 0 amide bonds. The van der Waals surface area contributed by atoms with Gasteiger partial charge in [-0.2, -0.15) is 0 Å². The van der Waals surface area contributed by atoms with Gasteiger partial charge in [0.05, 0.1) is 0 Å². The Bertz CT molecular complexity index is 468. The Kier molecular flexibility index (Phi) is 4.88. The van der Waals surface area contributed by atoms with Crippen molar-refractivity contribution in [2.75, 3.05) is 18.0 Å². The number of rotatable bonds is 6. The monoisotopic (exact) mass is 253 g/mol. The molecule has 100 valence electrons. The third kappa shape index (κ3) is 3.87. The van der Waals surface area contributed by atoms with Gasteiger partial charge in [0.2, 0.25) is 0 Å². The SMILES string of the molecule is CCCN(CC(=O)O)c1cc(=O)[nH]c(C(C)C)n1. The zero-order valence-electron chi connectivity index (χ0n) is 10.9. The molecule has 0 aliphatic heterocycles. The number of nitrogens with one attached hydrogen (secondary N) is 1. The van der Waals surface area contributed by atoms with E-state index in [0.29, 0.717) is 18.2 Å². The molecule has 1 rings (SSSR count). The van der Waals surface area contributed by atoms with Crippen LogP contribution in [-0.4, -0.2) is 34.1 Å². The second kappa shape index (κ2) is 6.18. The number of anilines is 1. The van der Waals surface area contributed by atoms with E-state index in [2.05, 4.69) is 9.97 Å². The number of carboxylic acid groups (broad SMARTS) is 1. The van der Waals surface area contributed by atoms with E-state index in [1.54, 1.807) is 4.90 Å². The van der Waals surface area contributed by atoms with Gasteiger partial charge in [-0.05, 0) is 6.42 Å². The molecule has 1 aromatic rings. The molecule has 18 heavy (non-hydrogen) atoms. The molecule has 0 bridgehead atoms. The minimum atomic E-state index is -0.934. The van der Waals surface area contributed by atoms with E-state index in [1.807, 2.05) is 20.8 Å². The zero-order valence-corrected chi connectivity index (χ0v) is 10.9. The van der Waals surface area contributed by atoms with Crippen molar-refractivity contribution >= 4 is 11.8 Å². The Morgan fingerprint density at radius 3 is 2.72 bits per heavy atom. The molecule has 1 heterocycles. The first kappa shape index (κ1) is 14.2. The van der Waals surface area contributed by atoms with Crippen LogP contribution in [0.15, 0.2) is 10.9 Å². The van der Waals surface area contributed by atoms with E-state index in [1.165, 1.54) is 6.07 Å². The highest BCUT2D eigenvalue weighted by Gasteiger charge is 2.14. The molecular weight excluding hydrogens is 234 g/mol. The maximum atomic E-state index is 11.5. The van der Waals surface area contributed by atoms with Crippen molar-refractivity contribution in [2.45, 2.75) is 33.1 Å². The summed E-state index contributed by atoms with van der Waals surface area (Å²) in [6, 6.07) is 1.34. The number of hydrogen-bond acceptors (Lipinski definition) is 4. The summed E-state index contributed by atoms with van der Waals surface area (Å²) in [6.07, 6.45) is 0.790. The van der Waals surface area contributed by atoms with Crippen LogP contribution in [0.3, 0.4) is 0 Å². The van der Waals surface area contributed by atoms with E-state index in [4.69, 9.17) is 5.11 Å². The predicted octanol–water partition coefficient (Wildman–Crippen LogP) is 1.19. The lowest BCUT2D eigenvalue weighted by Crippen LogP contribution is -2.32. The number of aromatic nitrogens is 2. The van der Waals surface area contributed by atoms with Crippen LogP contribution in [0.5, 0.6) is 0 Å². The van der Waals surface area contributed by atoms with Crippen molar-refractivity contribution in [3.63, 3.8) is 0 Å². The topological polar surface area (TPSA) is 86.3 Å². The van der Waals surface area contributed by atoms with Gasteiger partial charge in [0.15, 0.2) is 0 Å². The minimum absolute atomic E-state index is 0.0888. The van der Waals surface area contributed by atoms with Gasteiger partial charge in [0, 0.05) is 18.5 Å². The third-order valence-electron chi connectivity index (χ3n) is 2.44. The second-order valence-corrected chi connectivity index (χ2v) is 4.46. The van der Waals surface area contributed by atoms with Crippen LogP contribution < -0.4 is 10.5 Å². The molecule has 0 saturated heterocycles. The summed E-state index contributed by atoms with van der Waals surface area (Å²) in [5.41, 5.74) is -0.254. The Morgan fingerprint density at radius 2 is 2.22 bits per heavy atom. The third-order valence-corrected chi connectivity index (χ3v) is 2.44. The number of carbonyl (C=O) groups is 1. The number of H-pyrrole nitrogens is 1. The minimum Gasteiger partial charge on any atom is -0.480 e. The molecule has 0 fully saturated rings. The van der Waals surface area contributed by atoms with E-state index in [9.17, 15) is 9.59 Å². The number of aromatic amines is 1. The van der Waals surface area contributed by atoms with Gasteiger partial charge >= 0.3 is 5.97 Å². The summed E-state index contributed by atoms with van der Waals surface area (Å²) in [5.74, 6) is 0.151. The normalized spacial score (nSPS) is 10.7. The molecule has 0 atom stereocenters. The van der Waals surface area contributed by atoms with Gasteiger partial charge in [-0.25, -0.2) is 4.98 Å². The molecule has 6 nitrogen and oxygen atoms in total. The summed E-state index contributed by atoms with van der Waals surface area (Å²) >= 11 is 0. The molecule has 1 aromatic heterocycles. The van der Waals surface area contributed by atoms with E-state index in [0.717, 1.165) is 6.42 Å². The smallest absolute Gasteiger partial charge is 0.323 e. The van der Waals surface area contributed by atoms with Gasteiger partial charge in [-0.15, -0.1) is 0 Å². The number of nitrogens with zero attached hydrogens (tertiary/aromatic N) is 2. The van der Waals surface area contributed by atoms with Crippen LogP contribution >= 0.6 is 0 Å². The fraction of sp³-hybridized carbons (Fsp3) is 0.583. The van der Waals surface area contributed by atoms with Crippen LogP contribution in [0.2, 0.25) is 0 Å². The fourth-order valence-corrected chi connectivity index (χ4v) is 1.61. The molecule has 0 unspecified atom stereocenters. The first-order valence-electron chi connectivity index (χ1n) is 6.02. The summed E-state index contributed by atoms with van der Waals surface area (Å²) in [6.45, 7) is 6.19. The number of aliphatic carboxylic acids is 1. The lowest BCUT2D eigenvalue weighted by molar-refractivity contribution is -0.135. The lowest BCUT2D eigenvalue weighted by Gasteiger charge is -2.21. The first-order chi connectivity index (χ1) is 8.43. The Morgan fingerprint density at radius 1 is 1.56 bits per heavy atom. The van der Waals surface area contributed by atoms with Crippen LogP contribution in [0.1, 0.15) is 38.9 Å². The largest absolute Gasteiger partial charge is 0.480 e. The Labute approximate surface area is 106 Å². The van der Waals surface area contributed by atoms with Crippen molar-refractivity contribution in [3.8, 4) is 0 Å². The van der Waals surface area contributed by atoms with Crippen molar-refractivity contribution in [1.29, 1.82) is 0 Å². The van der Waals surface area contributed by atoms with Crippen LogP contribution in [-0.2, 0) is 4.79 Å². The van der Waals surface area contributed by atoms with E-state index < -0.39 is 5.97 Å². The van der Waals surface area contributed by atoms with Crippen LogP contribution in [0.4, 0.5) is 5.82 Å². The molecule has 6 heteroatoms. The Balaban J connectivity index is 3.10. The molecule has 0 aromatic carbocycles. The molecular formula is C12H19N3O3. The molecule has 0 spiro atoms. The van der Waals surface area contributed by atoms with Crippen molar-refractivity contribution < 1.29 is 9.90 Å². The van der Waals surface area contributed by atoms with Crippen molar-refractivity contribution in [1.82, 2.24) is 9.97 Å². The van der Waals surface area contributed by atoms with Gasteiger partial charge in [-0.1, -0.05) is 20.8 Å². The molecule has 2 N–H and O–H groups in total. The van der Waals surface area contributed by atoms with Crippen molar-refractivity contribution in [3.05, 3.63) is 22.2 Å². The predicted molar refractivity (Wildman–Crippen MR) is 69.1 cm³/mol. The molecule has 0 aliphatic rings. The number of carboxylic acids is 1. The zero-order chi connectivity index (χ0) is 13.7. The standard InChI is InChI=1S/C12H19N3O3/c1-4-5-15(7-11(17)18)9-6-10(16)14-12(13-9)8(2)3/h6,8H,4-5,7H2,1-3H3,(H,17,18)(H,13,14,16). The molecule has 0 radical (unpaired) electrons. The summed E-state index contributed by atoms with van der Waals surface area (Å²) in [7, 11) is 0. The average molecular weight is 253 g/mol.